The maximum atomic E-state index is 12.9. The smallest absolute Gasteiger partial charge is 0.123 e. The van der Waals surface area contributed by atoms with Gasteiger partial charge in [-0.1, -0.05) is 29.5 Å². The van der Waals surface area contributed by atoms with Crippen molar-refractivity contribution in [1.29, 1.82) is 0 Å². The summed E-state index contributed by atoms with van der Waals surface area (Å²) in [6.07, 6.45) is 1.03. The van der Waals surface area contributed by atoms with Gasteiger partial charge in [-0.25, -0.2) is 9.38 Å². The molecule has 0 radical (unpaired) electrons. The average molecular weight is 329 g/mol. The zero-order valence-electron chi connectivity index (χ0n) is 12.3. The predicted octanol–water partition coefficient (Wildman–Crippen LogP) is 5.98. The van der Waals surface area contributed by atoms with E-state index in [9.17, 15) is 4.39 Å². The number of halogens is 1. The highest BCUT2D eigenvalue weighted by Crippen LogP contribution is 2.32. The van der Waals surface area contributed by atoms with Crippen molar-refractivity contribution in [2.75, 3.05) is 5.75 Å². The van der Waals surface area contributed by atoms with Gasteiger partial charge in [0, 0.05) is 10.6 Å². The Morgan fingerprint density at radius 1 is 1.09 bits per heavy atom. The molecule has 1 aliphatic rings. The largest absolute Gasteiger partial charge is 0.242 e. The predicted molar refractivity (Wildman–Crippen MR) is 95.7 cm³/mol. The van der Waals surface area contributed by atoms with Gasteiger partial charge in [-0.3, -0.25) is 0 Å². The topological polar surface area (TPSA) is 12.4 Å². The standard InChI is InChI=1S/C18H16FNS2/c1-13-2-6-16(7-3-13)20-18-14(10-11-21-18)12-22-17-8-4-15(19)5-9-17/h2-9,12H,10-11H2,1H3/b14-12+,20-18?. The lowest BCUT2D eigenvalue weighted by atomic mass is 10.2. The minimum Gasteiger partial charge on any atom is -0.242 e. The normalized spacial score (nSPS) is 18.3. The number of aliphatic imine (C=N–C) groups is 1. The Morgan fingerprint density at radius 3 is 2.55 bits per heavy atom. The zero-order valence-corrected chi connectivity index (χ0v) is 13.9. The molecular formula is C18H16FNS2. The molecule has 0 saturated carbocycles. The number of benzene rings is 2. The van der Waals surface area contributed by atoms with Gasteiger partial charge in [-0.2, -0.15) is 0 Å². The monoisotopic (exact) mass is 329 g/mol. The van der Waals surface area contributed by atoms with Crippen molar-refractivity contribution in [2.24, 2.45) is 4.99 Å². The van der Waals surface area contributed by atoms with Crippen LogP contribution >= 0.6 is 23.5 Å². The van der Waals surface area contributed by atoms with Gasteiger partial charge in [0.1, 0.15) is 10.9 Å². The third kappa shape index (κ3) is 4.02. The SMILES string of the molecule is Cc1ccc(N=C2SCC/C2=C\Sc2ccc(F)cc2)cc1. The molecule has 0 unspecified atom stereocenters. The van der Waals surface area contributed by atoms with Crippen LogP contribution in [0.15, 0.2) is 69.4 Å². The summed E-state index contributed by atoms with van der Waals surface area (Å²) in [7, 11) is 0. The Balaban J connectivity index is 1.76. The molecular weight excluding hydrogens is 313 g/mol. The molecule has 3 rings (SSSR count). The Bertz CT molecular complexity index is 703. The van der Waals surface area contributed by atoms with E-state index in [1.807, 2.05) is 12.1 Å². The Hall–Kier alpha value is -1.52. The molecule has 0 amide bonds. The molecule has 4 heteroatoms. The summed E-state index contributed by atoms with van der Waals surface area (Å²) >= 11 is 3.42. The fraction of sp³-hybridized carbons (Fsp3) is 0.167. The van der Waals surface area contributed by atoms with E-state index < -0.39 is 0 Å². The highest BCUT2D eigenvalue weighted by Gasteiger charge is 2.16. The van der Waals surface area contributed by atoms with E-state index in [0.717, 1.165) is 27.8 Å². The van der Waals surface area contributed by atoms with Gasteiger partial charge < -0.3 is 0 Å². The van der Waals surface area contributed by atoms with Crippen LogP contribution in [0.2, 0.25) is 0 Å². The van der Waals surface area contributed by atoms with Crippen molar-refractivity contribution in [2.45, 2.75) is 18.2 Å². The third-order valence-corrected chi connectivity index (χ3v) is 5.28. The molecule has 0 aromatic heterocycles. The first-order chi connectivity index (χ1) is 10.7. The van der Waals surface area contributed by atoms with E-state index in [1.165, 1.54) is 23.3 Å². The Kier molecular flexibility index (Phi) is 5.01. The molecule has 2 aromatic carbocycles. The second-order valence-electron chi connectivity index (χ2n) is 5.07. The number of thioether (sulfide) groups is 2. The van der Waals surface area contributed by atoms with E-state index in [4.69, 9.17) is 4.99 Å². The van der Waals surface area contributed by atoms with Crippen LogP contribution in [0.4, 0.5) is 10.1 Å². The molecule has 22 heavy (non-hydrogen) atoms. The van der Waals surface area contributed by atoms with E-state index in [1.54, 1.807) is 35.7 Å². The van der Waals surface area contributed by atoms with E-state index >= 15 is 0 Å². The van der Waals surface area contributed by atoms with Crippen LogP contribution in [-0.4, -0.2) is 10.8 Å². The van der Waals surface area contributed by atoms with Crippen molar-refractivity contribution in [3.8, 4) is 0 Å². The lowest BCUT2D eigenvalue weighted by Crippen LogP contribution is -1.88. The number of hydrogen-bond donors (Lipinski definition) is 0. The van der Waals surface area contributed by atoms with E-state index in [2.05, 4.69) is 24.5 Å². The summed E-state index contributed by atoms with van der Waals surface area (Å²) in [5.41, 5.74) is 3.50. The fourth-order valence-corrected chi connectivity index (χ4v) is 3.97. The summed E-state index contributed by atoms with van der Waals surface area (Å²) < 4.78 is 12.9. The van der Waals surface area contributed by atoms with Gasteiger partial charge in [0.05, 0.1) is 5.69 Å². The van der Waals surface area contributed by atoms with Crippen LogP contribution < -0.4 is 0 Å². The van der Waals surface area contributed by atoms with Gasteiger partial charge in [-0.05, 0) is 60.7 Å². The van der Waals surface area contributed by atoms with Crippen molar-refractivity contribution in [3.63, 3.8) is 0 Å². The second kappa shape index (κ2) is 7.16. The van der Waals surface area contributed by atoms with E-state index in [-0.39, 0.29) is 5.82 Å². The van der Waals surface area contributed by atoms with Gasteiger partial charge in [0.25, 0.3) is 0 Å². The first-order valence-corrected chi connectivity index (χ1v) is 8.97. The lowest BCUT2D eigenvalue weighted by molar-refractivity contribution is 0.626. The zero-order chi connectivity index (χ0) is 15.4. The van der Waals surface area contributed by atoms with Crippen molar-refractivity contribution in [1.82, 2.24) is 0 Å². The van der Waals surface area contributed by atoms with Gasteiger partial charge in [-0.15, -0.1) is 11.8 Å². The fourth-order valence-electron chi connectivity index (χ4n) is 2.06. The highest BCUT2D eigenvalue weighted by atomic mass is 32.2. The van der Waals surface area contributed by atoms with Crippen molar-refractivity contribution in [3.05, 3.63) is 70.9 Å². The Morgan fingerprint density at radius 2 is 1.82 bits per heavy atom. The third-order valence-electron chi connectivity index (χ3n) is 3.30. The van der Waals surface area contributed by atoms with E-state index in [0.29, 0.717) is 0 Å². The summed E-state index contributed by atoms with van der Waals surface area (Å²) in [6, 6.07) is 14.8. The Labute approximate surface area is 138 Å². The number of rotatable bonds is 3. The van der Waals surface area contributed by atoms with Crippen molar-refractivity contribution >= 4 is 34.3 Å². The van der Waals surface area contributed by atoms with Gasteiger partial charge >= 0.3 is 0 Å². The molecule has 1 aliphatic heterocycles. The second-order valence-corrected chi connectivity index (χ2v) is 7.09. The van der Waals surface area contributed by atoms with Gasteiger partial charge in [0.15, 0.2) is 0 Å². The average Bonchev–Trinajstić information content (AvgIpc) is 2.96. The number of aryl methyl sites for hydroxylation is 1. The molecule has 1 heterocycles. The maximum absolute atomic E-state index is 12.9. The number of nitrogens with zero attached hydrogens (tertiary/aromatic N) is 1. The molecule has 0 N–H and O–H groups in total. The minimum absolute atomic E-state index is 0.199. The van der Waals surface area contributed by atoms with Crippen LogP contribution in [0.1, 0.15) is 12.0 Å². The quantitative estimate of drug-likeness (QED) is 0.642. The highest BCUT2D eigenvalue weighted by molar-refractivity contribution is 8.15. The minimum atomic E-state index is -0.199. The van der Waals surface area contributed by atoms with Crippen LogP contribution in [0.3, 0.4) is 0 Å². The molecule has 1 fully saturated rings. The summed E-state index contributed by atoms with van der Waals surface area (Å²) in [5.74, 6) is 0.871. The first-order valence-electron chi connectivity index (χ1n) is 7.10. The summed E-state index contributed by atoms with van der Waals surface area (Å²) in [6.45, 7) is 2.08. The van der Waals surface area contributed by atoms with Crippen LogP contribution in [-0.2, 0) is 0 Å². The molecule has 112 valence electrons. The molecule has 2 aromatic rings. The van der Waals surface area contributed by atoms with Crippen LogP contribution in [0.5, 0.6) is 0 Å². The van der Waals surface area contributed by atoms with Crippen LogP contribution in [0.25, 0.3) is 0 Å². The summed E-state index contributed by atoms with van der Waals surface area (Å²) in [4.78, 5) is 5.79. The molecule has 0 aliphatic carbocycles. The summed E-state index contributed by atoms with van der Waals surface area (Å²) in [5, 5.41) is 3.23. The number of hydrogen-bond acceptors (Lipinski definition) is 3. The van der Waals surface area contributed by atoms with Crippen LogP contribution in [0, 0.1) is 12.7 Å². The maximum Gasteiger partial charge on any atom is 0.123 e. The lowest BCUT2D eigenvalue weighted by Gasteiger charge is -2.01. The molecule has 0 bridgehead atoms. The van der Waals surface area contributed by atoms with Crippen molar-refractivity contribution < 1.29 is 4.39 Å². The first kappa shape index (κ1) is 15.4. The molecule has 1 saturated heterocycles. The molecule has 0 spiro atoms. The molecule has 0 atom stereocenters. The molecule has 1 nitrogen and oxygen atoms in total. The van der Waals surface area contributed by atoms with Gasteiger partial charge in [0.2, 0.25) is 0 Å².